The standard InChI is InChI=1S/C35H28.2CH3.Hf/c1-3-11-25(12-4-1)31-17-9-15-27-21-29(23-33(27)31)35(19-7-8-20-35)30-22-28-16-10-18-32(34(28)24-30)26-13-5-2-6-14-26;;;/h1-6,9-18,21-24H,7-8,19-20H2;2*1H3;/q-2;2*-1;+4. The van der Waals surface area contributed by atoms with Crippen molar-refractivity contribution in [2.75, 3.05) is 0 Å². The van der Waals surface area contributed by atoms with Crippen LogP contribution in [0.1, 0.15) is 36.8 Å². The molecule has 0 N–H and O–H groups in total. The first-order chi connectivity index (χ1) is 17.3. The van der Waals surface area contributed by atoms with Gasteiger partial charge in [-0.2, -0.15) is 12.1 Å². The molecule has 0 heterocycles. The SMILES string of the molecule is [CH3-].[CH3-].[Hf+4].c1ccc(-c2cccc3[cH-]c(C4(c5cc6c(-c7ccccc7)cccc6[cH-]5)CCCC4)cc23)cc1. The molecule has 7 rings (SSSR count). The Hall–Kier alpha value is -3.03. The molecule has 0 aromatic heterocycles. The van der Waals surface area contributed by atoms with Gasteiger partial charge in [-0.1, -0.05) is 96.8 Å². The average Bonchev–Trinajstić information content (AvgIpc) is 3.67. The van der Waals surface area contributed by atoms with Gasteiger partial charge in [0.1, 0.15) is 0 Å². The van der Waals surface area contributed by atoms with E-state index in [1.165, 1.54) is 80.6 Å². The monoisotopic (exact) mass is 658 g/mol. The van der Waals surface area contributed by atoms with Gasteiger partial charge < -0.3 is 14.9 Å². The summed E-state index contributed by atoms with van der Waals surface area (Å²) in [6.07, 6.45) is 5.03. The molecule has 1 saturated carbocycles. The second-order valence-corrected chi connectivity index (χ2v) is 10.1. The molecule has 0 nitrogen and oxygen atoms in total. The Morgan fingerprint density at radius 3 is 1.34 bits per heavy atom. The Labute approximate surface area is 246 Å². The third-order valence-corrected chi connectivity index (χ3v) is 8.23. The molecule has 1 fully saturated rings. The summed E-state index contributed by atoms with van der Waals surface area (Å²) in [6, 6.07) is 45.1. The van der Waals surface area contributed by atoms with Gasteiger partial charge in [-0.05, 0) is 29.4 Å². The Kier molecular flexibility index (Phi) is 8.38. The molecular formula is C37H34Hf. The molecule has 0 atom stereocenters. The molecule has 1 aliphatic carbocycles. The van der Waals surface area contributed by atoms with Crippen LogP contribution in [-0.4, -0.2) is 0 Å². The molecule has 0 amide bonds. The molecule has 0 spiro atoms. The van der Waals surface area contributed by atoms with Gasteiger partial charge in [0, 0.05) is 0 Å². The van der Waals surface area contributed by atoms with Crippen LogP contribution in [0.25, 0.3) is 43.8 Å². The first kappa shape index (κ1) is 28.0. The van der Waals surface area contributed by atoms with E-state index in [0.29, 0.717) is 0 Å². The van der Waals surface area contributed by atoms with Gasteiger partial charge in [0.05, 0.1) is 0 Å². The van der Waals surface area contributed by atoms with E-state index in [1.807, 2.05) is 0 Å². The number of rotatable bonds is 4. The second kappa shape index (κ2) is 11.4. The van der Waals surface area contributed by atoms with Crippen LogP contribution in [0.2, 0.25) is 0 Å². The van der Waals surface area contributed by atoms with Crippen molar-refractivity contribution in [2.24, 2.45) is 0 Å². The summed E-state index contributed by atoms with van der Waals surface area (Å²) in [7, 11) is 0. The smallest absolute Gasteiger partial charge is 0.358 e. The van der Waals surface area contributed by atoms with Gasteiger partial charge in [0.15, 0.2) is 0 Å². The maximum Gasteiger partial charge on any atom is 4.00 e. The number of hydrogen-bond acceptors (Lipinski definition) is 0. The zero-order valence-corrected chi connectivity index (χ0v) is 26.0. The van der Waals surface area contributed by atoms with E-state index in [1.54, 1.807) is 0 Å². The van der Waals surface area contributed by atoms with Crippen LogP contribution >= 0.6 is 0 Å². The van der Waals surface area contributed by atoms with E-state index < -0.39 is 0 Å². The number of hydrogen-bond donors (Lipinski definition) is 0. The van der Waals surface area contributed by atoms with Crippen molar-refractivity contribution in [1.82, 2.24) is 0 Å². The normalized spacial score (nSPS) is 14.0. The largest absolute Gasteiger partial charge is 4.00 e. The Morgan fingerprint density at radius 1 is 0.500 bits per heavy atom. The fraction of sp³-hybridized carbons (Fsp3) is 0.135. The van der Waals surface area contributed by atoms with Crippen molar-refractivity contribution in [1.29, 1.82) is 0 Å². The van der Waals surface area contributed by atoms with E-state index in [0.717, 1.165) is 0 Å². The van der Waals surface area contributed by atoms with Crippen molar-refractivity contribution in [3.63, 3.8) is 0 Å². The summed E-state index contributed by atoms with van der Waals surface area (Å²) < 4.78 is 0. The number of benzene rings is 4. The third-order valence-electron chi connectivity index (χ3n) is 8.23. The van der Waals surface area contributed by atoms with Crippen molar-refractivity contribution in [2.45, 2.75) is 31.1 Å². The van der Waals surface area contributed by atoms with Crippen LogP contribution < -0.4 is 0 Å². The first-order valence-electron chi connectivity index (χ1n) is 12.8. The predicted octanol–water partition coefficient (Wildman–Crippen LogP) is 10.5. The summed E-state index contributed by atoms with van der Waals surface area (Å²) >= 11 is 0. The van der Waals surface area contributed by atoms with Crippen LogP contribution in [0.5, 0.6) is 0 Å². The summed E-state index contributed by atoms with van der Waals surface area (Å²) in [6.45, 7) is 0. The number of fused-ring (bicyclic) bond motifs is 2. The summed E-state index contributed by atoms with van der Waals surface area (Å²) in [5.41, 5.74) is 8.34. The topological polar surface area (TPSA) is 0 Å². The molecule has 6 aromatic rings. The van der Waals surface area contributed by atoms with Crippen molar-refractivity contribution < 1.29 is 25.8 Å². The molecule has 38 heavy (non-hydrogen) atoms. The van der Waals surface area contributed by atoms with Gasteiger partial charge in [0.25, 0.3) is 0 Å². The van der Waals surface area contributed by atoms with Crippen LogP contribution in [-0.2, 0) is 31.3 Å². The Balaban J connectivity index is 0.00000112. The molecule has 0 aliphatic heterocycles. The van der Waals surface area contributed by atoms with Gasteiger partial charge in [-0.25, -0.2) is 0 Å². The van der Waals surface area contributed by atoms with Crippen LogP contribution in [0.4, 0.5) is 0 Å². The van der Waals surface area contributed by atoms with Gasteiger partial charge >= 0.3 is 25.8 Å². The van der Waals surface area contributed by atoms with E-state index in [2.05, 4.69) is 121 Å². The van der Waals surface area contributed by atoms with E-state index in [-0.39, 0.29) is 46.1 Å². The van der Waals surface area contributed by atoms with Crippen molar-refractivity contribution >= 4 is 21.5 Å². The average molecular weight is 657 g/mol. The van der Waals surface area contributed by atoms with Crippen LogP contribution in [0.15, 0.2) is 121 Å². The molecule has 0 saturated heterocycles. The fourth-order valence-corrected chi connectivity index (χ4v) is 6.48. The molecule has 0 radical (unpaired) electrons. The zero-order chi connectivity index (χ0) is 23.2. The van der Waals surface area contributed by atoms with Gasteiger partial charge in [0.2, 0.25) is 0 Å². The summed E-state index contributed by atoms with van der Waals surface area (Å²) in [5.74, 6) is 0. The maximum absolute atomic E-state index is 2.50. The minimum absolute atomic E-state index is 0. The fourth-order valence-electron chi connectivity index (χ4n) is 6.48. The quantitative estimate of drug-likeness (QED) is 0.131. The first-order valence-corrected chi connectivity index (χ1v) is 12.8. The second-order valence-electron chi connectivity index (χ2n) is 10.1. The van der Waals surface area contributed by atoms with Gasteiger partial charge in [-0.15, -0.1) is 69.1 Å². The molecule has 186 valence electrons. The summed E-state index contributed by atoms with van der Waals surface area (Å²) in [4.78, 5) is 0. The van der Waals surface area contributed by atoms with Gasteiger partial charge in [-0.3, -0.25) is 0 Å². The molecule has 1 aliphatic rings. The van der Waals surface area contributed by atoms with E-state index in [4.69, 9.17) is 0 Å². The summed E-state index contributed by atoms with van der Waals surface area (Å²) in [5, 5.41) is 5.46. The zero-order valence-electron chi connectivity index (χ0n) is 22.4. The van der Waals surface area contributed by atoms with Crippen molar-refractivity contribution in [3.05, 3.63) is 147 Å². The molecule has 0 bridgehead atoms. The van der Waals surface area contributed by atoms with Crippen LogP contribution in [0, 0.1) is 14.9 Å². The van der Waals surface area contributed by atoms with Crippen molar-refractivity contribution in [3.8, 4) is 22.3 Å². The van der Waals surface area contributed by atoms with E-state index >= 15 is 0 Å². The Morgan fingerprint density at radius 2 is 0.921 bits per heavy atom. The molecule has 1 heteroatoms. The third kappa shape index (κ3) is 4.56. The van der Waals surface area contributed by atoms with E-state index in [9.17, 15) is 0 Å². The molecule has 6 aromatic carbocycles. The minimum Gasteiger partial charge on any atom is -0.358 e. The molecule has 0 unspecified atom stereocenters. The minimum atomic E-state index is 0. The maximum atomic E-state index is 2.50. The molecular weight excluding hydrogens is 623 g/mol. The Bertz CT molecular complexity index is 1510. The predicted molar refractivity (Wildman–Crippen MR) is 162 cm³/mol. The van der Waals surface area contributed by atoms with Crippen LogP contribution in [0.3, 0.4) is 0 Å².